The highest BCUT2D eigenvalue weighted by Gasteiger charge is 2.14. The highest BCUT2D eigenvalue weighted by atomic mass is 32.2. The van der Waals surface area contributed by atoms with E-state index < -0.39 is 9.84 Å². The molecule has 0 saturated carbocycles. The van der Waals surface area contributed by atoms with E-state index in [1.807, 2.05) is 17.5 Å². The van der Waals surface area contributed by atoms with E-state index >= 15 is 0 Å². The van der Waals surface area contributed by atoms with Crippen molar-refractivity contribution in [3.8, 4) is 17.1 Å². The van der Waals surface area contributed by atoms with Crippen LogP contribution in [-0.2, 0) is 21.1 Å². The fourth-order valence-electron chi connectivity index (χ4n) is 2.43. The smallest absolute Gasteiger partial charge is 0.240 e. The van der Waals surface area contributed by atoms with Crippen LogP contribution in [0.2, 0.25) is 0 Å². The van der Waals surface area contributed by atoms with E-state index in [9.17, 15) is 8.42 Å². The quantitative estimate of drug-likeness (QED) is 0.533. The molecule has 0 aliphatic rings. The summed E-state index contributed by atoms with van der Waals surface area (Å²) < 4.78 is 34.1. The molecule has 0 spiro atoms. The van der Waals surface area contributed by atoms with Gasteiger partial charge in [-0.25, -0.2) is 18.4 Å². The lowest BCUT2D eigenvalue weighted by molar-refractivity contribution is 0.144. The zero-order chi connectivity index (χ0) is 20.0. The number of thiophene rings is 1. The largest absolute Gasteiger partial charge is 0.474 e. The first-order valence-corrected chi connectivity index (χ1v) is 11.3. The highest BCUT2D eigenvalue weighted by molar-refractivity contribution is 7.90. The van der Waals surface area contributed by atoms with E-state index in [1.54, 1.807) is 48.9 Å². The fourth-order valence-corrected chi connectivity index (χ4v) is 3.70. The van der Waals surface area contributed by atoms with E-state index in [1.165, 1.54) is 11.1 Å². The van der Waals surface area contributed by atoms with Crippen molar-refractivity contribution in [2.45, 2.75) is 11.4 Å². The number of hydrogen-bond donors (Lipinski definition) is 1. The predicted octanol–water partition coefficient (Wildman–Crippen LogP) is 3.25. The van der Waals surface area contributed by atoms with Crippen LogP contribution in [0.25, 0.3) is 11.3 Å². The molecular weight excluding hydrogens is 398 g/mol. The van der Waals surface area contributed by atoms with Crippen molar-refractivity contribution in [2.75, 3.05) is 31.9 Å². The van der Waals surface area contributed by atoms with Crippen molar-refractivity contribution in [3.63, 3.8) is 0 Å². The maximum Gasteiger partial charge on any atom is 0.240 e. The lowest BCUT2D eigenvalue weighted by Crippen LogP contribution is -2.08. The van der Waals surface area contributed by atoms with Crippen LogP contribution in [0.3, 0.4) is 0 Å². The van der Waals surface area contributed by atoms with Gasteiger partial charge in [0.1, 0.15) is 18.1 Å². The van der Waals surface area contributed by atoms with Gasteiger partial charge in [-0.05, 0) is 23.6 Å². The van der Waals surface area contributed by atoms with Gasteiger partial charge in [-0.1, -0.05) is 18.2 Å². The number of nitrogens with one attached hydrogen (secondary N) is 1. The molecule has 0 aliphatic heterocycles. The Morgan fingerprint density at radius 2 is 1.93 bits per heavy atom. The fraction of sp³-hybridized carbons (Fsp3) is 0.263. The SMILES string of the molecule is COCCOc1ncc(NCc2cccs2)nc1-c1ccc(S(C)(=O)=O)cc1. The zero-order valence-corrected chi connectivity index (χ0v) is 17.2. The zero-order valence-electron chi connectivity index (χ0n) is 15.6. The Bertz CT molecular complexity index is 1000. The molecule has 0 unspecified atom stereocenters. The van der Waals surface area contributed by atoms with Crippen LogP contribution in [0.4, 0.5) is 5.82 Å². The number of sulfone groups is 1. The minimum absolute atomic E-state index is 0.248. The van der Waals surface area contributed by atoms with Gasteiger partial charge in [0, 0.05) is 23.8 Å². The molecule has 0 amide bonds. The molecule has 0 bridgehead atoms. The van der Waals surface area contributed by atoms with Crippen LogP contribution in [0.15, 0.2) is 52.9 Å². The Hall–Kier alpha value is -2.49. The van der Waals surface area contributed by atoms with Gasteiger partial charge in [-0.2, -0.15) is 0 Å². The van der Waals surface area contributed by atoms with Gasteiger partial charge >= 0.3 is 0 Å². The topological polar surface area (TPSA) is 90.4 Å². The summed E-state index contributed by atoms with van der Waals surface area (Å²) in [5.74, 6) is 0.973. The molecule has 0 atom stereocenters. The van der Waals surface area contributed by atoms with Crippen molar-refractivity contribution < 1.29 is 17.9 Å². The maximum absolute atomic E-state index is 11.7. The summed E-state index contributed by atoms with van der Waals surface area (Å²) in [5, 5.41) is 5.27. The first-order valence-electron chi connectivity index (χ1n) is 8.53. The summed E-state index contributed by atoms with van der Waals surface area (Å²) in [5.41, 5.74) is 1.25. The number of aromatic nitrogens is 2. The average molecular weight is 420 g/mol. The molecule has 0 aliphatic carbocycles. The van der Waals surface area contributed by atoms with Gasteiger partial charge < -0.3 is 14.8 Å². The highest BCUT2D eigenvalue weighted by Crippen LogP contribution is 2.28. The van der Waals surface area contributed by atoms with E-state index in [4.69, 9.17) is 9.47 Å². The minimum atomic E-state index is -3.27. The summed E-state index contributed by atoms with van der Waals surface area (Å²) in [4.78, 5) is 10.4. The number of nitrogens with zero attached hydrogens (tertiary/aromatic N) is 2. The number of ether oxygens (including phenoxy) is 2. The van der Waals surface area contributed by atoms with Gasteiger partial charge in [0.05, 0.1) is 24.2 Å². The van der Waals surface area contributed by atoms with Crippen molar-refractivity contribution in [3.05, 3.63) is 52.9 Å². The maximum atomic E-state index is 11.7. The van der Waals surface area contributed by atoms with Crippen LogP contribution in [0.5, 0.6) is 5.88 Å². The third-order valence-corrected chi connectivity index (χ3v) is 5.85. The van der Waals surface area contributed by atoms with Gasteiger partial charge in [-0.3, -0.25) is 0 Å². The first-order chi connectivity index (χ1) is 13.5. The Labute approximate surface area is 168 Å². The molecule has 1 N–H and O–H groups in total. The number of rotatable bonds is 9. The average Bonchev–Trinajstić information content (AvgIpc) is 3.20. The van der Waals surface area contributed by atoms with Crippen LogP contribution >= 0.6 is 11.3 Å². The molecule has 2 aromatic heterocycles. The molecule has 3 rings (SSSR count). The van der Waals surface area contributed by atoms with Crippen molar-refractivity contribution in [1.82, 2.24) is 9.97 Å². The molecule has 1 aromatic carbocycles. The standard InChI is InChI=1S/C19H21N3O4S2/c1-25-9-10-26-19-18(14-5-7-16(8-6-14)28(2,23)24)22-17(13-21-19)20-12-15-4-3-11-27-15/h3-8,11,13H,9-10,12H2,1-2H3,(H,20,22). The summed E-state index contributed by atoms with van der Waals surface area (Å²) >= 11 is 1.66. The second-order valence-electron chi connectivity index (χ2n) is 5.98. The molecular formula is C19H21N3O4S2. The second kappa shape index (κ2) is 9.13. The van der Waals surface area contributed by atoms with Crippen LogP contribution in [0.1, 0.15) is 4.88 Å². The van der Waals surface area contributed by atoms with E-state index in [2.05, 4.69) is 15.3 Å². The van der Waals surface area contributed by atoms with Crippen LogP contribution in [0, 0.1) is 0 Å². The van der Waals surface area contributed by atoms with Crippen molar-refractivity contribution in [1.29, 1.82) is 0 Å². The van der Waals surface area contributed by atoms with Gasteiger partial charge in [0.25, 0.3) is 0 Å². The number of hydrogen-bond acceptors (Lipinski definition) is 8. The molecule has 0 fully saturated rings. The van der Waals surface area contributed by atoms with Gasteiger partial charge in [0.15, 0.2) is 9.84 Å². The third-order valence-electron chi connectivity index (χ3n) is 3.84. The van der Waals surface area contributed by atoms with Gasteiger partial charge in [0.2, 0.25) is 5.88 Å². The Kier molecular flexibility index (Phi) is 6.61. The molecule has 148 valence electrons. The summed E-state index contributed by atoms with van der Waals surface area (Å²) in [6, 6.07) is 10.5. The number of anilines is 1. The monoisotopic (exact) mass is 419 g/mol. The first kappa shape index (κ1) is 20.2. The Morgan fingerprint density at radius 3 is 2.57 bits per heavy atom. The summed E-state index contributed by atoms with van der Waals surface area (Å²) in [7, 11) is -1.67. The Morgan fingerprint density at radius 1 is 1.14 bits per heavy atom. The van der Waals surface area contributed by atoms with E-state index in [0.29, 0.717) is 42.7 Å². The van der Waals surface area contributed by atoms with Gasteiger partial charge in [-0.15, -0.1) is 11.3 Å². The predicted molar refractivity (Wildman–Crippen MR) is 110 cm³/mol. The lowest BCUT2D eigenvalue weighted by atomic mass is 10.1. The summed E-state index contributed by atoms with van der Waals surface area (Å²) in [6.07, 6.45) is 2.79. The lowest BCUT2D eigenvalue weighted by Gasteiger charge is -2.12. The normalized spacial score (nSPS) is 11.4. The minimum Gasteiger partial charge on any atom is -0.474 e. The second-order valence-corrected chi connectivity index (χ2v) is 9.03. The van der Waals surface area contributed by atoms with E-state index in [0.717, 1.165) is 0 Å². The molecule has 2 heterocycles. The molecule has 0 saturated heterocycles. The molecule has 28 heavy (non-hydrogen) atoms. The Balaban J connectivity index is 1.88. The molecule has 7 nitrogen and oxygen atoms in total. The number of benzene rings is 1. The van der Waals surface area contributed by atoms with Crippen molar-refractivity contribution >= 4 is 27.0 Å². The number of methoxy groups -OCH3 is 1. The van der Waals surface area contributed by atoms with E-state index in [-0.39, 0.29) is 4.90 Å². The summed E-state index contributed by atoms with van der Waals surface area (Å²) in [6.45, 7) is 1.40. The third kappa shape index (κ3) is 5.28. The van der Waals surface area contributed by atoms with Crippen molar-refractivity contribution in [2.24, 2.45) is 0 Å². The van der Waals surface area contributed by atoms with Crippen LogP contribution < -0.4 is 10.1 Å². The molecule has 3 aromatic rings. The van der Waals surface area contributed by atoms with Crippen LogP contribution in [-0.4, -0.2) is 45.0 Å². The molecule has 9 heteroatoms. The molecule has 0 radical (unpaired) electrons.